The molecule has 3 N–H and O–H groups in total. The van der Waals surface area contributed by atoms with Crippen molar-refractivity contribution in [3.05, 3.63) is 65.7 Å². The van der Waals surface area contributed by atoms with E-state index in [0.717, 1.165) is 0 Å². The lowest BCUT2D eigenvalue weighted by molar-refractivity contribution is 0.443. The van der Waals surface area contributed by atoms with Crippen LogP contribution in [0.1, 0.15) is 11.1 Å². The summed E-state index contributed by atoms with van der Waals surface area (Å²) in [7, 11) is 0. The lowest BCUT2D eigenvalue weighted by Crippen LogP contribution is -1.91. The smallest absolute Gasteiger partial charge is 0.169 e. The van der Waals surface area contributed by atoms with Crippen molar-refractivity contribution >= 4 is 11.5 Å². The molecular weight excluding hydrogens is 216 g/mol. The summed E-state index contributed by atoms with van der Waals surface area (Å²) in [4.78, 5) is 0. The van der Waals surface area contributed by atoms with E-state index in [1.165, 1.54) is 12.1 Å². The third-order valence-electron chi connectivity index (χ3n) is 2.43. The van der Waals surface area contributed by atoms with Crippen molar-refractivity contribution in [3.63, 3.8) is 0 Å². The Labute approximate surface area is 98.9 Å². The Bertz CT molecular complexity index is 544. The number of phenols is 1. The molecule has 2 aromatic carbocycles. The number of aliphatic hydroxyl groups is 2. The fourth-order valence-corrected chi connectivity index (χ4v) is 1.53. The molecule has 2 aromatic rings. The zero-order chi connectivity index (χ0) is 12.3. The Balaban J connectivity index is 2.50. The molecule has 0 aromatic heterocycles. The summed E-state index contributed by atoms with van der Waals surface area (Å²) < 4.78 is 0. The maximum absolute atomic E-state index is 9.89. The van der Waals surface area contributed by atoms with Gasteiger partial charge >= 0.3 is 0 Å². The Morgan fingerprint density at radius 2 is 1.29 bits per heavy atom. The van der Waals surface area contributed by atoms with Crippen LogP contribution in [0, 0.1) is 0 Å². The lowest BCUT2D eigenvalue weighted by Gasteiger charge is -2.06. The number of hydrogen-bond acceptors (Lipinski definition) is 3. The molecule has 3 heteroatoms. The molecular formula is C14H12O3. The summed E-state index contributed by atoms with van der Waals surface area (Å²) in [5.41, 5.74) is 0.696. The van der Waals surface area contributed by atoms with Crippen molar-refractivity contribution in [2.45, 2.75) is 0 Å². The van der Waals surface area contributed by atoms with E-state index in [1.54, 1.807) is 36.4 Å². The average molecular weight is 228 g/mol. The molecule has 0 heterocycles. The summed E-state index contributed by atoms with van der Waals surface area (Å²) in [5, 5.41) is 29.3. The molecule has 0 aliphatic rings. The van der Waals surface area contributed by atoms with Crippen LogP contribution in [0.15, 0.2) is 54.6 Å². The summed E-state index contributed by atoms with van der Waals surface area (Å²) in [6, 6.07) is 15.0. The van der Waals surface area contributed by atoms with Gasteiger partial charge < -0.3 is 15.3 Å². The first-order chi connectivity index (χ1) is 8.20. The number of rotatable bonds is 2. The summed E-state index contributed by atoms with van der Waals surface area (Å²) in [6.45, 7) is 0. The van der Waals surface area contributed by atoms with Crippen molar-refractivity contribution in [2.24, 2.45) is 0 Å². The molecule has 86 valence electrons. The van der Waals surface area contributed by atoms with Crippen LogP contribution >= 0.6 is 0 Å². The van der Waals surface area contributed by atoms with Crippen LogP contribution in [-0.4, -0.2) is 15.3 Å². The first-order valence-electron chi connectivity index (χ1n) is 5.16. The Kier molecular flexibility index (Phi) is 3.01. The van der Waals surface area contributed by atoms with Crippen molar-refractivity contribution in [1.29, 1.82) is 0 Å². The first-order valence-corrected chi connectivity index (χ1v) is 5.16. The van der Waals surface area contributed by atoms with Gasteiger partial charge in [0.05, 0.1) is 5.56 Å². The molecule has 0 bridgehead atoms. The van der Waals surface area contributed by atoms with Gasteiger partial charge in [-0.05, 0) is 12.1 Å². The second-order valence-corrected chi connectivity index (χ2v) is 3.58. The fraction of sp³-hybridized carbons (Fsp3) is 0. The van der Waals surface area contributed by atoms with E-state index in [9.17, 15) is 15.3 Å². The van der Waals surface area contributed by atoms with E-state index in [0.29, 0.717) is 5.56 Å². The average Bonchev–Trinajstić information content (AvgIpc) is 2.39. The quantitative estimate of drug-likeness (QED) is 0.545. The highest BCUT2D eigenvalue weighted by molar-refractivity contribution is 5.84. The first kappa shape index (κ1) is 11.1. The highest BCUT2D eigenvalue weighted by atomic mass is 16.3. The van der Waals surface area contributed by atoms with Gasteiger partial charge in [0, 0.05) is 5.56 Å². The third-order valence-corrected chi connectivity index (χ3v) is 2.43. The molecule has 3 nitrogen and oxygen atoms in total. The van der Waals surface area contributed by atoms with Crippen molar-refractivity contribution in [1.82, 2.24) is 0 Å². The van der Waals surface area contributed by atoms with Gasteiger partial charge in [0.25, 0.3) is 0 Å². The number of aromatic hydroxyl groups is 1. The molecule has 0 aliphatic heterocycles. The third kappa shape index (κ3) is 2.23. The van der Waals surface area contributed by atoms with Crippen LogP contribution in [-0.2, 0) is 0 Å². The maximum Gasteiger partial charge on any atom is 0.169 e. The van der Waals surface area contributed by atoms with E-state index in [4.69, 9.17) is 0 Å². The standard InChI is InChI=1S/C14H12O3/c15-12-9-5-4-8-11(12)14(17)13(16)10-6-2-1-3-7-10/h1-9,15-17H/b14-13+. The van der Waals surface area contributed by atoms with Gasteiger partial charge in [-0.3, -0.25) is 0 Å². The second-order valence-electron chi connectivity index (χ2n) is 3.58. The van der Waals surface area contributed by atoms with Crippen LogP contribution in [0.2, 0.25) is 0 Å². The molecule has 0 saturated heterocycles. The fourth-order valence-electron chi connectivity index (χ4n) is 1.53. The van der Waals surface area contributed by atoms with E-state index in [-0.39, 0.29) is 22.8 Å². The van der Waals surface area contributed by atoms with Crippen molar-refractivity contribution in [3.8, 4) is 5.75 Å². The number of benzene rings is 2. The highest BCUT2D eigenvalue weighted by Crippen LogP contribution is 2.27. The van der Waals surface area contributed by atoms with Gasteiger partial charge in [0.15, 0.2) is 11.5 Å². The molecule has 0 saturated carbocycles. The minimum Gasteiger partial charge on any atom is -0.507 e. The predicted octanol–water partition coefficient (Wildman–Crippen LogP) is 3.33. The molecule has 0 amide bonds. The van der Waals surface area contributed by atoms with Crippen LogP contribution in [0.4, 0.5) is 0 Å². The topological polar surface area (TPSA) is 60.7 Å². The summed E-state index contributed by atoms with van der Waals surface area (Å²) in [5.74, 6) is -0.672. The summed E-state index contributed by atoms with van der Waals surface area (Å²) in [6.07, 6.45) is 0. The number of aliphatic hydroxyl groups excluding tert-OH is 2. The number of hydrogen-bond donors (Lipinski definition) is 3. The summed E-state index contributed by atoms with van der Waals surface area (Å²) >= 11 is 0. The molecule has 0 unspecified atom stereocenters. The second kappa shape index (κ2) is 4.61. The van der Waals surface area contributed by atoms with Gasteiger partial charge in [-0.1, -0.05) is 42.5 Å². The molecule has 0 aliphatic carbocycles. The monoisotopic (exact) mass is 228 g/mol. The van der Waals surface area contributed by atoms with E-state index in [1.807, 2.05) is 6.07 Å². The van der Waals surface area contributed by atoms with Crippen molar-refractivity contribution in [2.75, 3.05) is 0 Å². The largest absolute Gasteiger partial charge is 0.507 e. The van der Waals surface area contributed by atoms with E-state index >= 15 is 0 Å². The van der Waals surface area contributed by atoms with Gasteiger partial charge in [-0.2, -0.15) is 0 Å². The predicted molar refractivity (Wildman–Crippen MR) is 66.6 cm³/mol. The van der Waals surface area contributed by atoms with Gasteiger partial charge in [0.1, 0.15) is 5.75 Å². The minimum absolute atomic E-state index is 0.0764. The van der Waals surface area contributed by atoms with Crippen LogP contribution in [0.3, 0.4) is 0 Å². The number of phenolic OH excluding ortho intramolecular Hbond substituents is 1. The zero-order valence-corrected chi connectivity index (χ0v) is 9.04. The molecule has 17 heavy (non-hydrogen) atoms. The van der Waals surface area contributed by atoms with Crippen LogP contribution in [0.5, 0.6) is 5.75 Å². The minimum atomic E-state index is -0.339. The normalized spacial score (nSPS) is 12.0. The van der Waals surface area contributed by atoms with Gasteiger partial charge in [-0.25, -0.2) is 0 Å². The van der Waals surface area contributed by atoms with Crippen LogP contribution < -0.4 is 0 Å². The molecule has 0 radical (unpaired) electrons. The van der Waals surface area contributed by atoms with Gasteiger partial charge in [0.2, 0.25) is 0 Å². The Hall–Kier alpha value is -2.42. The highest BCUT2D eigenvalue weighted by Gasteiger charge is 2.11. The van der Waals surface area contributed by atoms with Crippen molar-refractivity contribution < 1.29 is 15.3 Å². The Morgan fingerprint density at radius 3 is 1.94 bits per heavy atom. The van der Waals surface area contributed by atoms with E-state index in [2.05, 4.69) is 0 Å². The molecule has 0 spiro atoms. The van der Waals surface area contributed by atoms with Crippen LogP contribution in [0.25, 0.3) is 11.5 Å². The molecule has 0 atom stereocenters. The zero-order valence-electron chi connectivity index (χ0n) is 9.04. The SMILES string of the molecule is O/C(=C(/O)c1ccccc1O)c1ccccc1. The van der Waals surface area contributed by atoms with E-state index < -0.39 is 0 Å². The number of para-hydroxylation sites is 1. The molecule has 0 fully saturated rings. The Morgan fingerprint density at radius 1 is 0.706 bits per heavy atom. The maximum atomic E-state index is 9.89. The molecule has 2 rings (SSSR count). The lowest BCUT2D eigenvalue weighted by atomic mass is 10.1. The van der Waals surface area contributed by atoms with Gasteiger partial charge in [-0.15, -0.1) is 0 Å².